The second kappa shape index (κ2) is 4.95. The van der Waals surface area contributed by atoms with Crippen LogP contribution in [0.15, 0.2) is 22.7 Å². The predicted molar refractivity (Wildman–Crippen MR) is 56.1 cm³/mol. The predicted octanol–water partition coefficient (Wildman–Crippen LogP) is 3.82. The lowest BCUT2D eigenvalue weighted by molar-refractivity contribution is -0.367. The van der Waals surface area contributed by atoms with E-state index < -0.39 is 29.3 Å². The Morgan fingerprint density at radius 3 is 1.84 bits per heavy atom. The Hall–Kier alpha value is -0.800. The monoisotopic (exact) mass is 352 g/mol. The number of hydrogen-bond acceptors (Lipinski definition) is 2. The van der Waals surface area contributed by atoms with Crippen LogP contribution in [0.3, 0.4) is 0 Å². The Labute approximate surface area is 112 Å². The summed E-state index contributed by atoms with van der Waals surface area (Å²) in [6.45, 7) is 0. The van der Waals surface area contributed by atoms with Gasteiger partial charge in [-0.2, -0.15) is 26.3 Å². The van der Waals surface area contributed by atoms with E-state index in [2.05, 4.69) is 20.7 Å². The van der Waals surface area contributed by atoms with Gasteiger partial charge in [0.15, 0.2) is 0 Å². The molecule has 1 aromatic carbocycles. The highest BCUT2D eigenvalue weighted by Gasteiger charge is 2.56. The molecule has 0 saturated heterocycles. The molecule has 108 valence electrons. The number of aliphatic hydroxyl groups is 1. The average molecular weight is 353 g/mol. The van der Waals surface area contributed by atoms with Gasteiger partial charge in [-0.1, -0.05) is 15.9 Å². The quantitative estimate of drug-likeness (QED) is 0.647. The lowest BCUT2D eigenvalue weighted by Crippen LogP contribution is -2.44. The van der Waals surface area contributed by atoms with Crippen LogP contribution in [0.4, 0.5) is 26.3 Å². The molecular formula is C10H7BrF6O2. The number of rotatable bonds is 2. The van der Waals surface area contributed by atoms with Gasteiger partial charge in [-0.25, -0.2) is 0 Å². The van der Waals surface area contributed by atoms with Gasteiger partial charge in [0.05, 0.1) is 5.56 Å². The lowest BCUT2D eigenvalue weighted by Gasteiger charge is -2.29. The maximum Gasteiger partial charge on any atom is 0.448 e. The number of benzene rings is 1. The lowest BCUT2D eigenvalue weighted by atomic mass is 10.0. The molecular weight excluding hydrogens is 346 g/mol. The first-order valence-corrected chi connectivity index (χ1v) is 5.43. The summed E-state index contributed by atoms with van der Waals surface area (Å²) in [7, 11) is 0.543. The van der Waals surface area contributed by atoms with Gasteiger partial charge in [-0.05, 0) is 18.2 Å². The molecule has 0 saturated carbocycles. The molecule has 1 atom stereocenters. The van der Waals surface area contributed by atoms with Gasteiger partial charge in [-0.15, -0.1) is 0 Å². The summed E-state index contributed by atoms with van der Waals surface area (Å²) in [6, 6.07) is 1.48. The van der Waals surface area contributed by atoms with Crippen LogP contribution in [0.1, 0.15) is 11.1 Å². The van der Waals surface area contributed by atoms with E-state index in [4.69, 9.17) is 0 Å². The van der Waals surface area contributed by atoms with E-state index in [1.54, 1.807) is 0 Å². The van der Waals surface area contributed by atoms with Crippen molar-refractivity contribution in [3.63, 3.8) is 0 Å². The number of methoxy groups -OCH3 is 1. The van der Waals surface area contributed by atoms with E-state index in [9.17, 15) is 31.4 Å². The van der Waals surface area contributed by atoms with Crippen LogP contribution < -0.4 is 0 Å². The van der Waals surface area contributed by atoms with Crippen molar-refractivity contribution >= 4 is 15.9 Å². The van der Waals surface area contributed by atoms with Crippen molar-refractivity contribution in [3.05, 3.63) is 33.8 Å². The molecule has 0 aromatic heterocycles. The minimum absolute atomic E-state index is 0.182. The van der Waals surface area contributed by atoms with Crippen molar-refractivity contribution in [2.75, 3.05) is 7.11 Å². The highest BCUT2D eigenvalue weighted by Crippen LogP contribution is 2.42. The molecule has 0 aliphatic carbocycles. The number of hydrogen-bond donors (Lipinski definition) is 1. The molecule has 9 heteroatoms. The van der Waals surface area contributed by atoms with Crippen molar-refractivity contribution in [1.29, 1.82) is 0 Å². The molecule has 1 N–H and O–H groups in total. The van der Waals surface area contributed by atoms with Gasteiger partial charge in [0.25, 0.3) is 5.79 Å². The summed E-state index contributed by atoms with van der Waals surface area (Å²) >= 11 is 2.66. The first-order chi connectivity index (χ1) is 8.41. The highest BCUT2D eigenvalue weighted by atomic mass is 79.9. The molecule has 0 radical (unpaired) electrons. The zero-order valence-corrected chi connectivity index (χ0v) is 10.8. The zero-order chi connectivity index (χ0) is 15.1. The van der Waals surface area contributed by atoms with E-state index in [0.29, 0.717) is 19.2 Å². The van der Waals surface area contributed by atoms with E-state index in [-0.39, 0.29) is 10.5 Å². The summed E-state index contributed by atoms with van der Waals surface area (Å²) < 4.78 is 79.3. The molecule has 0 spiro atoms. The maximum atomic E-state index is 12.7. The molecule has 1 rings (SSSR count). The third-order valence-corrected chi connectivity index (χ3v) is 2.75. The van der Waals surface area contributed by atoms with Gasteiger partial charge < -0.3 is 9.84 Å². The minimum Gasteiger partial charge on any atom is -0.355 e. The smallest absolute Gasteiger partial charge is 0.355 e. The molecule has 0 aliphatic rings. The van der Waals surface area contributed by atoms with E-state index in [1.165, 1.54) is 0 Å². The van der Waals surface area contributed by atoms with Crippen molar-refractivity contribution in [2.45, 2.75) is 18.1 Å². The topological polar surface area (TPSA) is 29.5 Å². The summed E-state index contributed by atoms with van der Waals surface area (Å²) in [6.07, 6.45) is -10.1. The average Bonchev–Trinajstić information content (AvgIpc) is 2.24. The van der Waals surface area contributed by atoms with Crippen LogP contribution in [0.5, 0.6) is 0 Å². The number of ether oxygens (including phenoxy) is 1. The van der Waals surface area contributed by atoms with E-state index in [1.807, 2.05) is 0 Å². The maximum absolute atomic E-state index is 12.7. The fraction of sp³-hybridized carbons (Fsp3) is 0.400. The minimum atomic E-state index is -5.29. The second-order valence-corrected chi connectivity index (χ2v) is 4.49. The van der Waals surface area contributed by atoms with Crippen LogP contribution in [-0.4, -0.2) is 18.4 Å². The van der Waals surface area contributed by atoms with Crippen LogP contribution in [0, 0.1) is 0 Å². The second-order valence-electron chi connectivity index (χ2n) is 3.57. The molecule has 0 heterocycles. The summed E-state index contributed by atoms with van der Waals surface area (Å²) in [5.41, 5.74) is -2.40. The first kappa shape index (κ1) is 16.3. The standard InChI is InChI=1S/C10H7BrF6O2/c1-19-8(18,10(15,16)17)5-2-6(9(12,13)14)4-7(11)3-5/h2-4,18H,1H3. The van der Waals surface area contributed by atoms with Gasteiger partial charge in [0.2, 0.25) is 0 Å². The van der Waals surface area contributed by atoms with Crippen LogP contribution in [0.2, 0.25) is 0 Å². The molecule has 1 unspecified atom stereocenters. The van der Waals surface area contributed by atoms with Crippen LogP contribution in [-0.2, 0) is 16.7 Å². The van der Waals surface area contributed by atoms with Gasteiger partial charge in [-0.3, -0.25) is 0 Å². The van der Waals surface area contributed by atoms with Gasteiger partial charge >= 0.3 is 12.4 Å². The Kier molecular flexibility index (Phi) is 4.23. The number of halogens is 7. The summed E-state index contributed by atoms with van der Waals surface area (Å²) in [4.78, 5) is 0. The van der Waals surface area contributed by atoms with Crippen molar-refractivity contribution in [2.24, 2.45) is 0 Å². The molecule has 0 fully saturated rings. The zero-order valence-electron chi connectivity index (χ0n) is 9.23. The van der Waals surface area contributed by atoms with E-state index in [0.717, 1.165) is 0 Å². The van der Waals surface area contributed by atoms with Crippen molar-refractivity contribution < 1.29 is 36.2 Å². The Balaban J connectivity index is 3.47. The fourth-order valence-electron chi connectivity index (χ4n) is 1.35. The van der Waals surface area contributed by atoms with Crippen molar-refractivity contribution in [1.82, 2.24) is 0 Å². The Bertz CT molecular complexity index is 470. The van der Waals surface area contributed by atoms with Gasteiger partial charge in [0, 0.05) is 17.1 Å². The van der Waals surface area contributed by atoms with E-state index >= 15 is 0 Å². The summed E-state index contributed by atoms with van der Waals surface area (Å²) in [5, 5.41) is 9.41. The summed E-state index contributed by atoms with van der Waals surface area (Å²) in [5.74, 6) is -3.81. The highest BCUT2D eigenvalue weighted by molar-refractivity contribution is 9.10. The van der Waals surface area contributed by atoms with Crippen LogP contribution in [0.25, 0.3) is 0 Å². The Morgan fingerprint density at radius 1 is 1.00 bits per heavy atom. The third kappa shape index (κ3) is 3.21. The number of alkyl halides is 6. The first-order valence-electron chi connectivity index (χ1n) is 4.64. The van der Waals surface area contributed by atoms with Crippen molar-refractivity contribution in [3.8, 4) is 0 Å². The normalized spacial score (nSPS) is 16.3. The largest absolute Gasteiger partial charge is 0.448 e. The fourth-order valence-corrected chi connectivity index (χ4v) is 1.84. The Morgan fingerprint density at radius 2 is 1.47 bits per heavy atom. The van der Waals surface area contributed by atoms with Gasteiger partial charge in [0.1, 0.15) is 0 Å². The SMILES string of the molecule is COC(O)(c1cc(Br)cc(C(F)(F)F)c1)C(F)(F)F. The molecule has 1 aromatic rings. The molecule has 0 amide bonds. The molecule has 2 nitrogen and oxygen atoms in total. The van der Waals surface area contributed by atoms with Crippen LogP contribution >= 0.6 is 15.9 Å². The molecule has 0 aliphatic heterocycles. The molecule has 19 heavy (non-hydrogen) atoms. The third-order valence-electron chi connectivity index (χ3n) is 2.30. The molecule has 0 bridgehead atoms.